The summed E-state index contributed by atoms with van der Waals surface area (Å²) in [5.74, 6) is 0.316. The van der Waals surface area contributed by atoms with E-state index < -0.39 is 0 Å². The lowest BCUT2D eigenvalue weighted by molar-refractivity contribution is -0.125. The number of ether oxygens (including phenoxy) is 1. The second kappa shape index (κ2) is 8.65. The van der Waals surface area contributed by atoms with Crippen LogP contribution in [-0.2, 0) is 9.53 Å². The summed E-state index contributed by atoms with van der Waals surface area (Å²) >= 11 is 0. The fraction of sp³-hybridized carbons (Fsp3) is 0.929. The highest BCUT2D eigenvalue weighted by atomic mass is 16.5. The Balaban J connectivity index is 2.17. The summed E-state index contributed by atoms with van der Waals surface area (Å²) in [5.41, 5.74) is 0. The number of carbonyl (C=O) groups excluding carboxylic acids is 1. The first-order chi connectivity index (χ1) is 8.26. The van der Waals surface area contributed by atoms with Gasteiger partial charge in [-0.2, -0.15) is 0 Å². The Labute approximate surface area is 105 Å². The van der Waals surface area contributed by atoms with E-state index in [-0.39, 0.29) is 6.10 Å². The summed E-state index contributed by atoms with van der Waals surface area (Å²) < 4.78 is 5.96. The van der Waals surface area contributed by atoms with Crippen LogP contribution in [0.25, 0.3) is 0 Å². The Bertz CT molecular complexity index is 216. The van der Waals surface area contributed by atoms with Crippen molar-refractivity contribution in [2.24, 2.45) is 0 Å². The smallest absolute Gasteiger partial charge is 0.135 e. The second-order valence-corrected chi connectivity index (χ2v) is 4.98. The molecule has 0 radical (unpaired) electrons. The molecule has 1 N–H and O–H groups in total. The standard InChI is InChI=1S/C14H26O3/c1-2-12(16)11-14-9-6-8-13(17-14)7-4-3-5-10-15/h13-15H,2-11H2,1H3. The lowest BCUT2D eigenvalue weighted by atomic mass is 9.97. The molecule has 1 aliphatic rings. The van der Waals surface area contributed by atoms with Crippen LogP contribution in [0.3, 0.4) is 0 Å². The Morgan fingerprint density at radius 3 is 2.71 bits per heavy atom. The molecule has 0 amide bonds. The van der Waals surface area contributed by atoms with Crippen LogP contribution >= 0.6 is 0 Å². The van der Waals surface area contributed by atoms with E-state index in [9.17, 15) is 4.79 Å². The van der Waals surface area contributed by atoms with Crippen LogP contribution < -0.4 is 0 Å². The predicted molar refractivity (Wildman–Crippen MR) is 68.0 cm³/mol. The van der Waals surface area contributed by atoms with E-state index in [4.69, 9.17) is 9.84 Å². The molecule has 1 aliphatic heterocycles. The van der Waals surface area contributed by atoms with Crippen molar-refractivity contribution in [2.45, 2.75) is 76.9 Å². The molecule has 3 heteroatoms. The van der Waals surface area contributed by atoms with E-state index in [1.807, 2.05) is 6.92 Å². The first-order valence-corrected chi connectivity index (χ1v) is 7.04. The van der Waals surface area contributed by atoms with Crippen LogP contribution in [0.1, 0.15) is 64.7 Å². The largest absolute Gasteiger partial charge is 0.396 e. The maximum absolute atomic E-state index is 11.4. The molecular weight excluding hydrogens is 216 g/mol. The third-order valence-corrected chi connectivity index (χ3v) is 3.47. The molecule has 0 bridgehead atoms. The summed E-state index contributed by atoms with van der Waals surface area (Å²) in [6.45, 7) is 2.21. The third kappa shape index (κ3) is 6.18. The lowest BCUT2D eigenvalue weighted by Gasteiger charge is -2.29. The van der Waals surface area contributed by atoms with Crippen molar-refractivity contribution < 1.29 is 14.6 Å². The van der Waals surface area contributed by atoms with E-state index >= 15 is 0 Å². The third-order valence-electron chi connectivity index (χ3n) is 3.47. The molecule has 0 aliphatic carbocycles. The molecule has 1 saturated heterocycles. The van der Waals surface area contributed by atoms with Crippen molar-refractivity contribution in [1.29, 1.82) is 0 Å². The quantitative estimate of drug-likeness (QED) is 0.666. The van der Waals surface area contributed by atoms with Crippen LogP contribution in [-0.4, -0.2) is 29.7 Å². The molecule has 0 spiro atoms. The second-order valence-electron chi connectivity index (χ2n) is 4.98. The zero-order chi connectivity index (χ0) is 12.5. The minimum atomic E-state index is 0.166. The van der Waals surface area contributed by atoms with Gasteiger partial charge in [-0.05, 0) is 32.1 Å². The molecule has 2 atom stereocenters. The van der Waals surface area contributed by atoms with Crippen molar-refractivity contribution in [3.8, 4) is 0 Å². The molecule has 2 unspecified atom stereocenters. The van der Waals surface area contributed by atoms with E-state index in [0.717, 1.165) is 38.5 Å². The number of aliphatic hydroxyl groups excluding tert-OH is 1. The van der Waals surface area contributed by atoms with E-state index in [2.05, 4.69) is 0 Å². The average molecular weight is 242 g/mol. The molecule has 3 nitrogen and oxygen atoms in total. The maximum Gasteiger partial charge on any atom is 0.135 e. The van der Waals surface area contributed by atoms with Gasteiger partial charge < -0.3 is 9.84 Å². The van der Waals surface area contributed by atoms with Gasteiger partial charge in [0.1, 0.15) is 5.78 Å². The zero-order valence-electron chi connectivity index (χ0n) is 11.0. The van der Waals surface area contributed by atoms with E-state index in [1.54, 1.807) is 0 Å². The summed E-state index contributed by atoms with van der Waals surface area (Å²) in [7, 11) is 0. The van der Waals surface area contributed by atoms with Crippen LogP contribution in [0.15, 0.2) is 0 Å². The molecule has 0 aromatic rings. The van der Waals surface area contributed by atoms with Gasteiger partial charge in [0.25, 0.3) is 0 Å². The zero-order valence-corrected chi connectivity index (χ0v) is 11.0. The molecule has 0 saturated carbocycles. The topological polar surface area (TPSA) is 46.5 Å². The summed E-state index contributed by atoms with van der Waals surface area (Å²) in [6.07, 6.45) is 9.28. The van der Waals surface area contributed by atoms with Gasteiger partial charge in [-0.1, -0.05) is 19.8 Å². The number of ketones is 1. The number of unbranched alkanes of at least 4 members (excludes halogenated alkanes) is 2. The number of hydrogen-bond acceptors (Lipinski definition) is 3. The van der Waals surface area contributed by atoms with Gasteiger partial charge in [-0.15, -0.1) is 0 Å². The molecular formula is C14H26O3. The molecule has 1 rings (SSSR count). The van der Waals surface area contributed by atoms with Crippen molar-refractivity contribution in [3.63, 3.8) is 0 Å². The Morgan fingerprint density at radius 1 is 1.24 bits per heavy atom. The summed E-state index contributed by atoms with van der Waals surface area (Å²) in [4.78, 5) is 11.4. The molecule has 100 valence electrons. The summed E-state index contributed by atoms with van der Waals surface area (Å²) in [6, 6.07) is 0. The van der Waals surface area contributed by atoms with Gasteiger partial charge in [0.15, 0.2) is 0 Å². The van der Waals surface area contributed by atoms with E-state index in [0.29, 0.717) is 31.3 Å². The van der Waals surface area contributed by atoms with Gasteiger partial charge >= 0.3 is 0 Å². The number of Topliss-reactive ketones (excluding diaryl/α,β-unsaturated/α-hetero) is 1. The lowest BCUT2D eigenvalue weighted by Crippen LogP contribution is -2.29. The highest BCUT2D eigenvalue weighted by Gasteiger charge is 2.23. The maximum atomic E-state index is 11.4. The van der Waals surface area contributed by atoms with Gasteiger partial charge in [0.05, 0.1) is 12.2 Å². The highest BCUT2D eigenvalue weighted by Crippen LogP contribution is 2.25. The average Bonchev–Trinajstić information content (AvgIpc) is 2.35. The fourth-order valence-corrected chi connectivity index (χ4v) is 2.40. The van der Waals surface area contributed by atoms with Crippen LogP contribution in [0.5, 0.6) is 0 Å². The molecule has 17 heavy (non-hydrogen) atoms. The Morgan fingerprint density at radius 2 is 2.00 bits per heavy atom. The van der Waals surface area contributed by atoms with Crippen LogP contribution in [0.4, 0.5) is 0 Å². The SMILES string of the molecule is CCC(=O)CC1CCCC(CCCCCO)O1. The van der Waals surface area contributed by atoms with E-state index in [1.165, 1.54) is 6.42 Å². The molecule has 0 aromatic heterocycles. The Kier molecular flexibility index (Phi) is 7.45. The van der Waals surface area contributed by atoms with Crippen LogP contribution in [0, 0.1) is 0 Å². The first kappa shape index (κ1) is 14.7. The number of carbonyl (C=O) groups is 1. The molecule has 0 aromatic carbocycles. The number of rotatable bonds is 8. The van der Waals surface area contributed by atoms with Crippen LogP contribution in [0.2, 0.25) is 0 Å². The highest BCUT2D eigenvalue weighted by molar-refractivity contribution is 5.78. The van der Waals surface area contributed by atoms with Gasteiger partial charge in [0, 0.05) is 19.4 Å². The minimum absolute atomic E-state index is 0.166. The minimum Gasteiger partial charge on any atom is -0.396 e. The summed E-state index contributed by atoms with van der Waals surface area (Å²) in [5, 5.41) is 8.70. The van der Waals surface area contributed by atoms with Gasteiger partial charge in [0.2, 0.25) is 0 Å². The fourth-order valence-electron chi connectivity index (χ4n) is 2.40. The number of aliphatic hydroxyl groups is 1. The van der Waals surface area contributed by atoms with Crippen molar-refractivity contribution in [3.05, 3.63) is 0 Å². The van der Waals surface area contributed by atoms with Crippen molar-refractivity contribution in [1.82, 2.24) is 0 Å². The van der Waals surface area contributed by atoms with Gasteiger partial charge in [-0.25, -0.2) is 0 Å². The predicted octanol–water partition coefficient (Wildman–Crippen LogP) is 2.85. The molecule has 1 heterocycles. The monoisotopic (exact) mass is 242 g/mol. The number of hydrogen-bond donors (Lipinski definition) is 1. The normalized spacial score (nSPS) is 24.8. The first-order valence-electron chi connectivity index (χ1n) is 7.04. The Hall–Kier alpha value is -0.410. The van der Waals surface area contributed by atoms with Crippen molar-refractivity contribution >= 4 is 5.78 Å². The van der Waals surface area contributed by atoms with Crippen molar-refractivity contribution in [2.75, 3.05) is 6.61 Å². The van der Waals surface area contributed by atoms with Gasteiger partial charge in [-0.3, -0.25) is 4.79 Å². The molecule has 1 fully saturated rings.